The Bertz CT molecular complexity index is 619. The van der Waals surface area contributed by atoms with Crippen molar-refractivity contribution in [2.24, 2.45) is 0 Å². The Morgan fingerprint density at radius 3 is 2.91 bits per heavy atom. The van der Waals surface area contributed by atoms with Crippen LogP contribution in [0.2, 0.25) is 0 Å². The van der Waals surface area contributed by atoms with E-state index < -0.39 is 0 Å². The molecule has 1 amide bonds. The number of carbonyl (C=O) groups is 1. The third-order valence-corrected chi connectivity index (χ3v) is 3.74. The highest BCUT2D eigenvalue weighted by molar-refractivity contribution is 5.77. The lowest BCUT2D eigenvalue weighted by atomic mass is 10.1. The average molecular weight is 320 g/mol. The third-order valence-electron chi connectivity index (χ3n) is 3.74. The molecule has 23 heavy (non-hydrogen) atoms. The summed E-state index contributed by atoms with van der Waals surface area (Å²) in [7, 11) is 0. The van der Waals surface area contributed by atoms with Gasteiger partial charge in [-0.15, -0.1) is 0 Å². The van der Waals surface area contributed by atoms with Gasteiger partial charge in [0, 0.05) is 26.6 Å². The molecule has 124 valence electrons. The Kier molecular flexibility index (Phi) is 5.04. The molecule has 1 aliphatic rings. The highest BCUT2D eigenvalue weighted by Crippen LogP contribution is 2.21. The van der Waals surface area contributed by atoms with Crippen molar-refractivity contribution in [2.45, 2.75) is 19.4 Å². The molecule has 1 atom stereocenters. The van der Waals surface area contributed by atoms with E-state index in [1.165, 1.54) is 0 Å². The van der Waals surface area contributed by atoms with Crippen LogP contribution in [0.25, 0.3) is 0 Å². The first kappa shape index (κ1) is 15.7. The number of aromatic nitrogens is 2. The van der Waals surface area contributed by atoms with Crippen LogP contribution >= 0.6 is 0 Å². The van der Waals surface area contributed by atoms with Crippen molar-refractivity contribution in [2.75, 3.05) is 32.8 Å². The molecule has 1 unspecified atom stereocenters. The summed E-state index contributed by atoms with van der Waals surface area (Å²) in [6.07, 6.45) is 1.75. The molecule has 1 fully saturated rings. The SMILES string of the molecule is Cc1nc(CC(=O)NCC(c2ccco2)N2CCOCC2)no1. The second-order valence-electron chi connectivity index (χ2n) is 5.39. The summed E-state index contributed by atoms with van der Waals surface area (Å²) in [5.41, 5.74) is 0. The topological polar surface area (TPSA) is 93.6 Å². The monoisotopic (exact) mass is 320 g/mol. The van der Waals surface area contributed by atoms with Crippen molar-refractivity contribution in [1.29, 1.82) is 0 Å². The molecule has 0 bridgehead atoms. The first-order chi connectivity index (χ1) is 11.2. The van der Waals surface area contributed by atoms with Gasteiger partial charge in [0.05, 0.1) is 31.9 Å². The van der Waals surface area contributed by atoms with Gasteiger partial charge < -0.3 is 19.0 Å². The van der Waals surface area contributed by atoms with Gasteiger partial charge in [-0.3, -0.25) is 9.69 Å². The summed E-state index contributed by atoms with van der Waals surface area (Å²) in [5, 5.41) is 6.65. The van der Waals surface area contributed by atoms with Crippen LogP contribution in [0.3, 0.4) is 0 Å². The number of aryl methyl sites for hydroxylation is 1. The van der Waals surface area contributed by atoms with Crippen molar-refractivity contribution in [1.82, 2.24) is 20.4 Å². The smallest absolute Gasteiger partial charge is 0.227 e. The van der Waals surface area contributed by atoms with Crippen LogP contribution in [0.4, 0.5) is 0 Å². The van der Waals surface area contributed by atoms with E-state index in [1.54, 1.807) is 13.2 Å². The Hall–Kier alpha value is -2.19. The van der Waals surface area contributed by atoms with E-state index in [0.717, 1.165) is 18.8 Å². The normalized spacial score (nSPS) is 17.1. The zero-order valence-electron chi connectivity index (χ0n) is 13.0. The van der Waals surface area contributed by atoms with Crippen LogP contribution in [-0.4, -0.2) is 53.8 Å². The van der Waals surface area contributed by atoms with E-state index in [-0.39, 0.29) is 18.4 Å². The maximum absolute atomic E-state index is 12.1. The minimum atomic E-state index is -0.143. The van der Waals surface area contributed by atoms with Crippen LogP contribution in [0.5, 0.6) is 0 Å². The first-order valence-electron chi connectivity index (χ1n) is 7.63. The Balaban J connectivity index is 1.58. The number of rotatable bonds is 6. The number of morpholine rings is 1. The van der Waals surface area contributed by atoms with Crippen molar-refractivity contribution in [3.63, 3.8) is 0 Å². The maximum Gasteiger partial charge on any atom is 0.227 e. The highest BCUT2D eigenvalue weighted by Gasteiger charge is 2.25. The number of amides is 1. The molecule has 8 nitrogen and oxygen atoms in total. The van der Waals surface area contributed by atoms with Crippen LogP contribution < -0.4 is 5.32 Å². The second kappa shape index (κ2) is 7.38. The molecule has 2 aromatic heterocycles. The molecule has 0 aromatic carbocycles. The van der Waals surface area contributed by atoms with Crippen LogP contribution in [0.15, 0.2) is 27.3 Å². The number of hydrogen-bond donors (Lipinski definition) is 1. The number of hydrogen-bond acceptors (Lipinski definition) is 7. The molecule has 0 spiro atoms. The first-order valence-corrected chi connectivity index (χ1v) is 7.63. The zero-order chi connectivity index (χ0) is 16.1. The summed E-state index contributed by atoms with van der Waals surface area (Å²) >= 11 is 0. The molecule has 8 heteroatoms. The van der Waals surface area contributed by atoms with Crippen LogP contribution in [0, 0.1) is 6.92 Å². The van der Waals surface area contributed by atoms with Gasteiger partial charge in [-0.25, -0.2) is 0 Å². The predicted molar refractivity (Wildman–Crippen MR) is 79.6 cm³/mol. The van der Waals surface area contributed by atoms with E-state index in [2.05, 4.69) is 20.4 Å². The summed E-state index contributed by atoms with van der Waals surface area (Å²) in [4.78, 5) is 18.4. The zero-order valence-corrected chi connectivity index (χ0v) is 13.0. The molecule has 3 rings (SSSR count). The number of furan rings is 1. The maximum atomic E-state index is 12.1. The summed E-state index contributed by atoms with van der Waals surface area (Å²) in [6, 6.07) is 3.77. The number of nitrogens with one attached hydrogen (secondary N) is 1. The van der Waals surface area contributed by atoms with Gasteiger partial charge in [0.1, 0.15) is 5.76 Å². The fraction of sp³-hybridized carbons (Fsp3) is 0.533. The van der Waals surface area contributed by atoms with E-state index in [1.807, 2.05) is 12.1 Å². The molecular formula is C15H20N4O4. The highest BCUT2D eigenvalue weighted by atomic mass is 16.5. The summed E-state index contributed by atoms with van der Waals surface area (Å²) < 4.78 is 15.8. The molecule has 3 heterocycles. The molecule has 1 N–H and O–H groups in total. The van der Waals surface area contributed by atoms with E-state index in [9.17, 15) is 4.79 Å². The van der Waals surface area contributed by atoms with Crippen molar-refractivity contribution in [3.8, 4) is 0 Å². The molecule has 1 saturated heterocycles. The second-order valence-corrected chi connectivity index (χ2v) is 5.39. The Labute approximate surface area is 133 Å². The number of ether oxygens (including phenoxy) is 1. The van der Waals surface area contributed by atoms with Gasteiger partial charge in [0.15, 0.2) is 5.82 Å². The Morgan fingerprint density at radius 1 is 1.43 bits per heavy atom. The molecule has 0 aliphatic carbocycles. The van der Waals surface area contributed by atoms with Gasteiger partial charge in [-0.2, -0.15) is 4.98 Å². The van der Waals surface area contributed by atoms with Crippen LogP contribution in [-0.2, 0) is 16.0 Å². The fourth-order valence-corrected chi connectivity index (χ4v) is 2.61. The van der Waals surface area contributed by atoms with Crippen molar-refractivity contribution >= 4 is 5.91 Å². The minimum absolute atomic E-state index is 0.00939. The number of carbonyl (C=O) groups excluding carboxylic acids is 1. The van der Waals surface area contributed by atoms with Gasteiger partial charge in [-0.1, -0.05) is 5.16 Å². The third kappa shape index (κ3) is 4.17. The summed E-state index contributed by atoms with van der Waals surface area (Å²) in [5.74, 6) is 1.54. The van der Waals surface area contributed by atoms with E-state index in [0.29, 0.717) is 31.5 Å². The molecule has 2 aromatic rings. The van der Waals surface area contributed by atoms with Crippen LogP contribution in [0.1, 0.15) is 23.5 Å². The summed E-state index contributed by atoms with van der Waals surface area (Å²) in [6.45, 7) is 5.15. The fourth-order valence-electron chi connectivity index (χ4n) is 2.61. The van der Waals surface area contributed by atoms with Crippen molar-refractivity contribution in [3.05, 3.63) is 35.9 Å². The van der Waals surface area contributed by atoms with E-state index >= 15 is 0 Å². The van der Waals surface area contributed by atoms with Gasteiger partial charge in [0.2, 0.25) is 11.8 Å². The average Bonchev–Trinajstić information content (AvgIpc) is 3.21. The number of nitrogens with zero attached hydrogens (tertiary/aromatic N) is 3. The predicted octanol–water partition coefficient (Wildman–Crippen LogP) is 0.703. The lowest BCUT2D eigenvalue weighted by Gasteiger charge is -2.33. The Morgan fingerprint density at radius 2 is 2.26 bits per heavy atom. The largest absolute Gasteiger partial charge is 0.468 e. The molecule has 0 radical (unpaired) electrons. The lowest BCUT2D eigenvalue weighted by molar-refractivity contribution is -0.121. The molecule has 1 aliphatic heterocycles. The minimum Gasteiger partial charge on any atom is -0.468 e. The molecule has 0 saturated carbocycles. The standard InChI is InChI=1S/C15H20N4O4/c1-11-17-14(18-23-11)9-15(20)16-10-12(13-3-2-6-22-13)19-4-7-21-8-5-19/h2-3,6,12H,4-5,7-10H2,1H3,(H,16,20). The van der Waals surface area contributed by atoms with Crippen molar-refractivity contribution < 1.29 is 18.5 Å². The van der Waals surface area contributed by atoms with Gasteiger partial charge >= 0.3 is 0 Å². The lowest BCUT2D eigenvalue weighted by Crippen LogP contribution is -2.44. The van der Waals surface area contributed by atoms with E-state index in [4.69, 9.17) is 13.7 Å². The quantitative estimate of drug-likeness (QED) is 0.837. The van der Waals surface area contributed by atoms with Gasteiger partial charge in [-0.05, 0) is 12.1 Å². The molecular weight excluding hydrogens is 300 g/mol. The van der Waals surface area contributed by atoms with Gasteiger partial charge in [0.25, 0.3) is 0 Å².